The van der Waals surface area contributed by atoms with Crippen LogP contribution in [-0.4, -0.2) is 84.4 Å². The van der Waals surface area contributed by atoms with Crippen LogP contribution in [0.4, 0.5) is 11.4 Å². The zero-order chi connectivity index (χ0) is 30.6. The second kappa shape index (κ2) is 13.4. The van der Waals surface area contributed by atoms with Crippen LogP contribution in [0.3, 0.4) is 0 Å². The van der Waals surface area contributed by atoms with E-state index in [1.54, 1.807) is 22.0 Å². The van der Waals surface area contributed by atoms with Crippen molar-refractivity contribution in [2.75, 3.05) is 42.6 Å². The van der Waals surface area contributed by atoms with Crippen LogP contribution in [-0.2, 0) is 23.9 Å². The maximum absolute atomic E-state index is 14.7. The van der Waals surface area contributed by atoms with Gasteiger partial charge in [0.1, 0.15) is 11.6 Å². The van der Waals surface area contributed by atoms with E-state index in [-0.39, 0.29) is 37.5 Å². The van der Waals surface area contributed by atoms with E-state index >= 15 is 0 Å². The lowest BCUT2D eigenvalue weighted by atomic mass is 9.70. The molecule has 0 aliphatic carbocycles. The first-order chi connectivity index (χ1) is 20.2. The molecule has 6 atom stereocenters. The molecule has 9 nitrogen and oxygen atoms in total. The van der Waals surface area contributed by atoms with Gasteiger partial charge in [0.15, 0.2) is 0 Å². The fourth-order valence-corrected chi connectivity index (χ4v) is 7.22. The van der Waals surface area contributed by atoms with Gasteiger partial charge < -0.3 is 29.3 Å². The summed E-state index contributed by atoms with van der Waals surface area (Å²) in [6.45, 7) is 17.6. The third-order valence-corrected chi connectivity index (χ3v) is 9.03. The number of aliphatic hydroxyl groups is 1. The van der Waals surface area contributed by atoms with Crippen LogP contribution in [0.15, 0.2) is 49.6 Å². The zero-order valence-electron chi connectivity index (χ0n) is 25.5. The number of carbonyl (C=O) groups excluding carboxylic acids is 3. The van der Waals surface area contributed by atoms with Crippen LogP contribution in [0.5, 0.6) is 0 Å². The normalized spacial score (nSPS) is 26.7. The molecule has 0 aromatic heterocycles. The molecule has 0 radical (unpaired) electrons. The Hall–Kier alpha value is -3.17. The Morgan fingerprint density at radius 1 is 1.17 bits per heavy atom. The van der Waals surface area contributed by atoms with Crippen LogP contribution < -0.4 is 9.80 Å². The summed E-state index contributed by atoms with van der Waals surface area (Å²) in [5.41, 5.74) is 0.561. The average Bonchev–Trinajstić information content (AvgIpc) is 3.63. The summed E-state index contributed by atoms with van der Waals surface area (Å²) in [5, 5.41) is 10.5. The Kier molecular flexibility index (Phi) is 10.1. The van der Waals surface area contributed by atoms with Crippen molar-refractivity contribution in [3.05, 3.63) is 49.6 Å². The number of rotatable bonds is 15. The number of nitrogens with zero attached hydrogens (tertiary/aromatic N) is 3. The Balaban J connectivity index is 1.76. The molecule has 3 saturated heterocycles. The molecule has 42 heavy (non-hydrogen) atoms. The van der Waals surface area contributed by atoms with Gasteiger partial charge >= 0.3 is 5.97 Å². The minimum absolute atomic E-state index is 0.164. The number of anilines is 2. The highest BCUT2D eigenvalue weighted by atomic mass is 16.6. The second-order valence-electron chi connectivity index (χ2n) is 11.9. The van der Waals surface area contributed by atoms with Crippen LogP contribution >= 0.6 is 0 Å². The fraction of sp³-hybridized carbons (Fsp3) is 0.606. The van der Waals surface area contributed by atoms with E-state index in [1.807, 2.05) is 38.1 Å². The summed E-state index contributed by atoms with van der Waals surface area (Å²) in [7, 11) is 0. The highest BCUT2D eigenvalue weighted by Gasteiger charge is 2.75. The molecule has 230 valence electrons. The summed E-state index contributed by atoms with van der Waals surface area (Å²) in [6.07, 6.45) is 4.88. The zero-order valence-corrected chi connectivity index (χ0v) is 25.5. The third-order valence-electron chi connectivity index (χ3n) is 9.03. The quantitative estimate of drug-likeness (QED) is 0.190. The fourth-order valence-electron chi connectivity index (χ4n) is 7.22. The molecular weight excluding hydrogens is 534 g/mol. The van der Waals surface area contributed by atoms with E-state index in [4.69, 9.17) is 9.47 Å². The van der Waals surface area contributed by atoms with Crippen molar-refractivity contribution in [3.8, 4) is 0 Å². The summed E-state index contributed by atoms with van der Waals surface area (Å²) in [6, 6.07) is 6.22. The van der Waals surface area contributed by atoms with Crippen molar-refractivity contribution in [2.45, 2.75) is 77.2 Å². The number of esters is 1. The Morgan fingerprint density at radius 3 is 2.40 bits per heavy atom. The molecule has 3 heterocycles. The van der Waals surface area contributed by atoms with E-state index in [1.165, 1.54) is 0 Å². The first kappa shape index (κ1) is 31.8. The van der Waals surface area contributed by atoms with Crippen molar-refractivity contribution in [2.24, 2.45) is 17.8 Å². The predicted octanol–water partition coefficient (Wildman–Crippen LogP) is 3.95. The topological polar surface area (TPSA) is 99.6 Å². The first-order valence-electron chi connectivity index (χ1n) is 15.3. The number of amides is 2. The maximum atomic E-state index is 14.7. The smallest absolute Gasteiger partial charge is 0.312 e. The molecule has 4 rings (SSSR count). The minimum Gasteiger partial charge on any atom is -0.465 e. The molecule has 1 N–H and O–H groups in total. The van der Waals surface area contributed by atoms with Crippen molar-refractivity contribution < 1.29 is 29.0 Å². The van der Waals surface area contributed by atoms with Crippen LogP contribution in [0.1, 0.15) is 53.4 Å². The van der Waals surface area contributed by atoms with Gasteiger partial charge in [0.05, 0.1) is 37.2 Å². The molecule has 3 aliphatic heterocycles. The summed E-state index contributed by atoms with van der Waals surface area (Å²) < 4.78 is 12.1. The van der Waals surface area contributed by atoms with E-state index in [0.717, 1.165) is 18.8 Å². The van der Waals surface area contributed by atoms with Gasteiger partial charge in [0, 0.05) is 31.0 Å². The number of hydrogen-bond acceptors (Lipinski definition) is 7. The van der Waals surface area contributed by atoms with E-state index < -0.39 is 41.6 Å². The monoisotopic (exact) mass is 581 g/mol. The molecule has 3 fully saturated rings. The van der Waals surface area contributed by atoms with E-state index in [0.29, 0.717) is 31.4 Å². The lowest BCUT2D eigenvalue weighted by molar-refractivity contribution is -0.155. The maximum Gasteiger partial charge on any atom is 0.312 e. The summed E-state index contributed by atoms with van der Waals surface area (Å²) in [5.74, 6) is -2.58. The number of carbonyl (C=O) groups is 3. The van der Waals surface area contributed by atoms with Gasteiger partial charge in [-0.3, -0.25) is 14.4 Å². The highest BCUT2D eigenvalue weighted by Crippen LogP contribution is 2.59. The van der Waals surface area contributed by atoms with E-state index in [9.17, 15) is 19.5 Å². The van der Waals surface area contributed by atoms with Crippen LogP contribution in [0, 0.1) is 17.8 Å². The van der Waals surface area contributed by atoms with Gasteiger partial charge in [0.2, 0.25) is 5.91 Å². The molecule has 0 saturated carbocycles. The van der Waals surface area contributed by atoms with Gasteiger partial charge in [-0.25, -0.2) is 0 Å². The summed E-state index contributed by atoms with van der Waals surface area (Å²) >= 11 is 0. The van der Waals surface area contributed by atoms with Gasteiger partial charge in [-0.05, 0) is 69.7 Å². The first-order valence-corrected chi connectivity index (χ1v) is 15.3. The SMILES string of the molecule is C=CCCOC(=O)[C@@H]1[C@H]2C(=O)N([C@@H](CO)CC(C)C)C(C(=O)N(CC=C)c3ccc(N(CC)CC)cc3)C23CC[C@H]1O3. The number of ether oxygens (including phenoxy) is 2. The standard InChI is InChI=1S/C33H47N3O6/c1-7-11-19-41-32(40)27-26-16-17-33(42-26)28(27)30(38)36(25(21-37)20-22(5)6)29(33)31(39)35(18-8-2)24-14-12-23(13-15-24)34(9-3)10-4/h7-8,12-15,22,25-29,37H,1-2,9-11,16-21H2,3-6H3/t25-,26-,27+,28+,29?,33?/m1/s1. The molecule has 3 aliphatic rings. The second-order valence-corrected chi connectivity index (χ2v) is 11.9. The molecule has 1 spiro atoms. The predicted molar refractivity (Wildman–Crippen MR) is 163 cm³/mol. The largest absolute Gasteiger partial charge is 0.465 e. The number of fused-ring (bicyclic) bond motifs is 1. The average molecular weight is 582 g/mol. The number of hydrogen-bond donors (Lipinski definition) is 1. The van der Waals surface area contributed by atoms with Crippen molar-refractivity contribution in [1.29, 1.82) is 0 Å². The van der Waals surface area contributed by atoms with Crippen molar-refractivity contribution in [1.82, 2.24) is 4.90 Å². The van der Waals surface area contributed by atoms with Crippen molar-refractivity contribution in [3.63, 3.8) is 0 Å². The lowest BCUT2D eigenvalue weighted by Gasteiger charge is -2.39. The third kappa shape index (κ3) is 5.61. The number of aliphatic hydroxyl groups excluding tert-OH is 1. The molecule has 1 aromatic rings. The molecular formula is C33H47N3O6. The molecule has 1 aromatic carbocycles. The van der Waals surface area contributed by atoms with Gasteiger partial charge in [-0.15, -0.1) is 13.2 Å². The molecule has 2 unspecified atom stereocenters. The van der Waals surface area contributed by atoms with Gasteiger partial charge in [-0.2, -0.15) is 0 Å². The lowest BCUT2D eigenvalue weighted by Crippen LogP contribution is -2.59. The minimum atomic E-state index is -1.17. The molecule has 2 amide bonds. The van der Waals surface area contributed by atoms with Crippen LogP contribution in [0.25, 0.3) is 0 Å². The molecule has 9 heteroatoms. The Morgan fingerprint density at radius 2 is 1.83 bits per heavy atom. The summed E-state index contributed by atoms with van der Waals surface area (Å²) in [4.78, 5) is 47.8. The highest BCUT2D eigenvalue weighted by molar-refractivity contribution is 6.05. The van der Waals surface area contributed by atoms with Gasteiger partial charge in [0.25, 0.3) is 5.91 Å². The van der Waals surface area contributed by atoms with Crippen molar-refractivity contribution >= 4 is 29.2 Å². The van der Waals surface area contributed by atoms with Crippen LogP contribution in [0.2, 0.25) is 0 Å². The van der Waals surface area contributed by atoms with Gasteiger partial charge in [-0.1, -0.05) is 26.0 Å². The number of benzene rings is 1. The van der Waals surface area contributed by atoms with E-state index in [2.05, 4.69) is 31.9 Å². The number of likely N-dealkylation sites (tertiary alicyclic amines) is 1. The molecule has 2 bridgehead atoms. The Bertz CT molecular complexity index is 1150. The Labute approximate surface area is 250 Å².